The average Bonchev–Trinajstić information content (AvgIpc) is 2.29. The monoisotopic (exact) mass is 292 g/mol. The minimum atomic E-state index is -0.216. The summed E-state index contributed by atoms with van der Waals surface area (Å²) >= 11 is 7.37. The number of carbonyl (C=O) groups excluding carboxylic acids is 1. The molecule has 16 heavy (non-hydrogen) atoms. The fraction of sp³-hybridized carbons (Fsp3) is 0. The fourth-order valence-corrected chi connectivity index (χ4v) is 2.28. The summed E-state index contributed by atoms with van der Waals surface area (Å²) in [6.45, 7) is 0. The van der Waals surface area contributed by atoms with Gasteiger partial charge >= 0.3 is 0 Å². The van der Waals surface area contributed by atoms with Crippen LogP contribution < -0.4 is 0 Å². The van der Waals surface area contributed by atoms with Gasteiger partial charge in [-0.15, -0.1) is 12.6 Å². The Labute approximate surface area is 108 Å². The molecule has 0 saturated heterocycles. The normalized spacial score (nSPS) is 10.1. The van der Waals surface area contributed by atoms with Crippen LogP contribution in [0.25, 0.3) is 11.1 Å². The van der Waals surface area contributed by atoms with Gasteiger partial charge in [-0.05, 0) is 23.3 Å². The van der Waals surface area contributed by atoms with Crippen LogP contribution in [0.3, 0.4) is 0 Å². The Morgan fingerprint density at radius 2 is 1.50 bits per heavy atom. The van der Waals surface area contributed by atoms with Crippen molar-refractivity contribution in [2.75, 3.05) is 0 Å². The second-order valence-corrected chi connectivity index (χ2v) is 4.59. The maximum absolute atomic E-state index is 11.4. The lowest BCUT2D eigenvalue weighted by Crippen LogP contribution is -1.93. The first-order valence-electron chi connectivity index (χ1n) is 4.77. The minimum absolute atomic E-state index is 0.216. The van der Waals surface area contributed by atoms with Gasteiger partial charge in [0.25, 0.3) is 0 Å². The molecule has 0 aliphatic rings. The van der Waals surface area contributed by atoms with Crippen molar-refractivity contribution < 1.29 is 4.79 Å². The molecule has 0 saturated carbocycles. The quantitative estimate of drug-likeness (QED) is 0.822. The van der Waals surface area contributed by atoms with Gasteiger partial charge < -0.3 is 0 Å². The molecule has 0 aromatic heterocycles. The summed E-state index contributed by atoms with van der Waals surface area (Å²) in [4.78, 5) is 11.4. The summed E-state index contributed by atoms with van der Waals surface area (Å²) in [5.74, 6) is 0. The van der Waals surface area contributed by atoms with Gasteiger partial charge in [0, 0.05) is 10.0 Å². The van der Waals surface area contributed by atoms with Crippen LogP contribution in [0, 0.1) is 0 Å². The highest BCUT2D eigenvalue weighted by atomic mass is 79.9. The average molecular weight is 293 g/mol. The van der Waals surface area contributed by atoms with Gasteiger partial charge in [0.15, 0.2) is 0 Å². The zero-order chi connectivity index (χ0) is 11.5. The molecule has 1 nitrogen and oxygen atoms in total. The second-order valence-electron chi connectivity index (χ2n) is 3.33. The SMILES string of the molecule is O=C(S)c1ccccc1-c1ccccc1Br. The molecule has 0 radical (unpaired) electrons. The van der Waals surface area contributed by atoms with Crippen LogP contribution >= 0.6 is 28.6 Å². The Balaban J connectivity index is 2.65. The van der Waals surface area contributed by atoms with Crippen LogP contribution in [0.4, 0.5) is 0 Å². The van der Waals surface area contributed by atoms with E-state index in [0.717, 1.165) is 15.6 Å². The third-order valence-electron chi connectivity index (χ3n) is 2.32. The highest BCUT2D eigenvalue weighted by molar-refractivity contribution is 9.10. The molecule has 3 heteroatoms. The molecular weight excluding hydrogens is 284 g/mol. The molecule has 0 unspecified atom stereocenters. The van der Waals surface area contributed by atoms with Crippen molar-refractivity contribution in [3.8, 4) is 11.1 Å². The van der Waals surface area contributed by atoms with E-state index in [1.165, 1.54) is 0 Å². The highest BCUT2D eigenvalue weighted by Gasteiger charge is 2.10. The molecule has 0 amide bonds. The van der Waals surface area contributed by atoms with Crippen molar-refractivity contribution in [2.24, 2.45) is 0 Å². The lowest BCUT2D eigenvalue weighted by atomic mass is 10.0. The van der Waals surface area contributed by atoms with Gasteiger partial charge in [0.2, 0.25) is 5.12 Å². The molecule has 2 rings (SSSR count). The lowest BCUT2D eigenvalue weighted by molar-refractivity contribution is 0.109. The Morgan fingerprint density at radius 1 is 0.938 bits per heavy atom. The van der Waals surface area contributed by atoms with Crippen LogP contribution in [0.5, 0.6) is 0 Å². The summed E-state index contributed by atoms with van der Waals surface area (Å²) in [6.07, 6.45) is 0. The largest absolute Gasteiger partial charge is 0.282 e. The molecule has 0 fully saturated rings. The van der Waals surface area contributed by atoms with Gasteiger partial charge in [0.05, 0.1) is 0 Å². The number of thiol groups is 1. The summed E-state index contributed by atoms with van der Waals surface area (Å²) in [5.41, 5.74) is 2.52. The fourth-order valence-electron chi connectivity index (χ4n) is 1.58. The number of halogens is 1. The standard InChI is InChI=1S/C13H9BrOS/c14-12-8-4-3-6-10(12)9-5-1-2-7-11(9)13(15)16/h1-8H,(H,15,16). The van der Waals surface area contributed by atoms with Crippen LogP contribution in [0.15, 0.2) is 53.0 Å². The highest BCUT2D eigenvalue weighted by Crippen LogP contribution is 2.30. The molecule has 0 spiro atoms. The van der Waals surface area contributed by atoms with Gasteiger partial charge in [-0.2, -0.15) is 0 Å². The van der Waals surface area contributed by atoms with E-state index in [2.05, 4.69) is 28.6 Å². The third-order valence-corrected chi connectivity index (χ3v) is 3.25. The smallest absolute Gasteiger partial charge is 0.216 e. The first-order valence-corrected chi connectivity index (χ1v) is 6.01. The first kappa shape index (κ1) is 11.4. The molecule has 0 atom stereocenters. The molecule has 2 aromatic carbocycles. The van der Waals surface area contributed by atoms with Gasteiger partial charge in [-0.25, -0.2) is 0 Å². The van der Waals surface area contributed by atoms with Crippen molar-refractivity contribution in [2.45, 2.75) is 0 Å². The predicted octanol–water partition coefficient (Wildman–Crippen LogP) is 4.19. The molecule has 0 N–H and O–H groups in total. The van der Waals surface area contributed by atoms with E-state index in [9.17, 15) is 4.79 Å². The van der Waals surface area contributed by atoms with Crippen molar-refractivity contribution in [1.82, 2.24) is 0 Å². The molecule has 2 aromatic rings. The molecule has 0 bridgehead atoms. The number of hydrogen-bond acceptors (Lipinski definition) is 1. The van der Waals surface area contributed by atoms with E-state index in [1.54, 1.807) is 6.07 Å². The number of carbonyl (C=O) groups is 1. The molecular formula is C13H9BrOS. The van der Waals surface area contributed by atoms with Gasteiger partial charge in [-0.1, -0.05) is 52.3 Å². The predicted molar refractivity (Wildman–Crippen MR) is 72.9 cm³/mol. The summed E-state index contributed by atoms with van der Waals surface area (Å²) in [7, 11) is 0. The van der Waals surface area contributed by atoms with Crippen LogP contribution in [-0.4, -0.2) is 5.12 Å². The van der Waals surface area contributed by atoms with Crippen LogP contribution in [-0.2, 0) is 0 Å². The number of benzene rings is 2. The van der Waals surface area contributed by atoms with E-state index in [4.69, 9.17) is 0 Å². The van der Waals surface area contributed by atoms with Crippen LogP contribution in [0.1, 0.15) is 10.4 Å². The van der Waals surface area contributed by atoms with E-state index < -0.39 is 0 Å². The Bertz CT molecular complexity index is 537. The number of rotatable bonds is 2. The minimum Gasteiger partial charge on any atom is -0.282 e. The molecule has 0 heterocycles. The second kappa shape index (κ2) is 4.85. The lowest BCUT2D eigenvalue weighted by Gasteiger charge is -2.08. The summed E-state index contributed by atoms with van der Waals surface area (Å²) < 4.78 is 0.969. The Morgan fingerprint density at radius 3 is 2.12 bits per heavy atom. The van der Waals surface area contributed by atoms with Crippen molar-refractivity contribution >= 4 is 33.7 Å². The molecule has 0 aliphatic heterocycles. The van der Waals surface area contributed by atoms with Crippen molar-refractivity contribution in [1.29, 1.82) is 0 Å². The van der Waals surface area contributed by atoms with Gasteiger partial charge in [0.1, 0.15) is 0 Å². The summed E-state index contributed by atoms with van der Waals surface area (Å²) in [6, 6.07) is 15.3. The third kappa shape index (κ3) is 2.20. The zero-order valence-corrected chi connectivity index (χ0v) is 10.8. The van der Waals surface area contributed by atoms with Crippen LogP contribution in [0.2, 0.25) is 0 Å². The Hall–Kier alpha value is -1.06. The van der Waals surface area contributed by atoms with Crippen molar-refractivity contribution in [3.63, 3.8) is 0 Å². The Kier molecular flexibility index (Phi) is 3.46. The zero-order valence-electron chi connectivity index (χ0n) is 8.35. The van der Waals surface area contributed by atoms with Gasteiger partial charge in [-0.3, -0.25) is 4.79 Å². The summed E-state index contributed by atoms with van der Waals surface area (Å²) in [5, 5.41) is -0.216. The maximum atomic E-state index is 11.4. The van der Waals surface area contributed by atoms with E-state index >= 15 is 0 Å². The molecule has 0 aliphatic carbocycles. The number of hydrogen-bond donors (Lipinski definition) is 1. The topological polar surface area (TPSA) is 17.1 Å². The van der Waals surface area contributed by atoms with E-state index in [1.807, 2.05) is 42.5 Å². The van der Waals surface area contributed by atoms with E-state index in [-0.39, 0.29) is 5.12 Å². The van der Waals surface area contributed by atoms with E-state index in [0.29, 0.717) is 5.56 Å². The first-order chi connectivity index (χ1) is 7.70. The maximum Gasteiger partial charge on any atom is 0.216 e. The van der Waals surface area contributed by atoms with Crippen molar-refractivity contribution in [3.05, 3.63) is 58.6 Å². The molecule has 80 valence electrons.